The number of rotatable bonds is 3. The molecular weight excluding hydrogens is 356 g/mol. The van der Waals surface area contributed by atoms with E-state index in [0.29, 0.717) is 16.1 Å². The van der Waals surface area contributed by atoms with E-state index in [-0.39, 0.29) is 5.54 Å². The summed E-state index contributed by atoms with van der Waals surface area (Å²) in [5.41, 5.74) is 1.05. The summed E-state index contributed by atoms with van der Waals surface area (Å²) in [5, 5.41) is 8.13. The zero-order valence-corrected chi connectivity index (χ0v) is 15.0. The largest absolute Gasteiger partial charge is 0.357 e. The van der Waals surface area contributed by atoms with Gasteiger partial charge in [0.15, 0.2) is 5.11 Å². The summed E-state index contributed by atoms with van der Waals surface area (Å²) in [6, 6.07) is 5.75. The molecule has 2 nitrogen and oxygen atoms in total. The highest BCUT2D eigenvalue weighted by atomic mass is 79.9. The molecule has 1 saturated carbocycles. The number of benzene rings is 1. The fourth-order valence-electron chi connectivity index (χ4n) is 2.81. The Bertz CT molecular complexity index is 499. The molecule has 2 N–H and O–H groups in total. The Hall–Kier alpha value is -0.320. The average Bonchev–Trinajstić information content (AvgIpc) is 2.83. The van der Waals surface area contributed by atoms with Crippen LogP contribution in [0.4, 0.5) is 5.69 Å². The van der Waals surface area contributed by atoms with Gasteiger partial charge in [-0.25, -0.2) is 0 Å². The fourth-order valence-corrected chi connectivity index (χ4v) is 3.56. The predicted octanol–water partition coefficient (Wildman–Crippen LogP) is 5.36. The van der Waals surface area contributed by atoms with E-state index >= 15 is 0 Å². The molecule has 0 heterocycles. The summed E-state index contributed by atoms with van der Waals surface area (Å²) in [5.74, 6) is 0.568. The molecule has 0 spiro atoms. The van der Waals surface area contributed by atoms with Crippen molar-refractivity contribution in [2.75, 3.05) is 5.32 Å². The third-order valence-electron chi connectivity index (χ3n) is 4.14. The molecule has 20 heavy (non-hydrogen) atoms. The van der Waals surface area contributed by atoms with Crippen molar-refractivity contribution in [3.8, 4) is 0 Å². The predicted molar refractivity (Wildman–Crippen MR) is 94.5 cm³/mol. The minimum Gasteiger partial charge on any atom is -0.357 e. The Morgan fingerprint density at radius 1 is 1.35 bits per heavy atom. The Balaban J connectivity index is 2.03. The highest BCUT2D eigenvalue weighted by Crippen LogP contribution is 2.36. The van der Waals surface area contributed by atoms with E-state index in [1.807, 2.05) is 18.2 Å². The van der Waals surface area contributed by atoms with Crippen LogP contribution in [0.3, 0.4) is 0 Å². The molecule has 0 radical (unpaired) electrons. The minimum atomic E-state index is 0.142. The van der Waals surface area contributed by atoms with Crippen molar-refractivity contribution in [3.63, 3.8) is 0 Å². The molecule has 1 aliphatic carbocycles. The first kappa shape index (κ1) is 16.1. The summed E-state index contributed by atoms with van der Waals surface area (Å²) < 4.78 is 0.887. The standard InChI is InChI=1S/C15H20BrClN2S/c1-10(2)15(7-3-4-8-15)19-14(20)18-11-5-6-12(16)13(17)9-11/h5-6,9-10H,3-4,7-8H2,1-2H3,(H2,18,19,20). The van der Waals surface area contributed by atoms with Crippen molar-refractivity contribution < 1.29 is 0 Å². The Labute approximate surface area is 139 Å². The van der Waals surface area contributed by atoms with Crippen molar-refractivity contribution in [1.29, 1.82) is 0 Å². The molecule has 5 heteroatoms. The molecule has 0 amide bonds. The van der Waals surface area contributed by atoms with Crippen molar-refractivity contribution in [2.45, 2.75) is 45.1 Å². The molecule has 0 aliphatic heterocycles. The third kappa shape index (κ3) is 3.66. The number of halogens is 2. The van der Waals surface area contributed by atoms with Gasteiger partial charge in [-0.3, -0.25) is 0 Å². The molecule has 1 aliphatic rings. The summed E-state index contributed by atoms with van der Waals surface area (Å²) in [6.07, 6.45) is 4.93. The molecule has 0 atom stereocenters. The van der Waals surface area contributed by atoms with Crippen LogP contribution in [0, 0.1) is 5.92 Å². The van der Waals surface area contributed by atoms with Crippen molar-refractivity contribution >= 4 is 50.5 Å². The van der Waals surface area contributed by atoms with Crippen molar-refractivity contribution in [2.24, 2.45) is 5.92 Å². The van der Waals surface area contributed by atoms with Gasteiger partial charge in [0.1, 0.15) is 0 Å². The maximum absolute atomic E-state index is 6.09. The topological polar surface area (TPSA) is 24.1 Å². The first-order valence-corrected chi connectivity index (χ1v) is 8.55. The van der Waals surface area contributed by atoms with E-state index in [0.717, 1.165) is 10.2 Å². The zero-order valence-electron chi connectivity index (χ0n) is 11.8. The third-order valence-corrected chi connectivity index (χ3v) is 5.58. The van der Waals surface area contributed by atoms with Gasteiger partial charge in [0.05, 0.1) is 5.02 Å². The monoisotopic (exact) mass is 374 g/mol. The second-order valence-corrected chi connectivity index (χ2v) is 7.40. The van der Waals surface area contributed by atoms with E-state index < -0.39 is 0 Å². The molecular formula is C15H20BrClN2S. The highest BCUT2D eigenvalue weighted by Gasteiger charge is 2.37. The van der Waals surface area contributed by atoms with Crippen LogP contribution in [0.15, 0.2) is 22.7 Å². The van der Waals surface area contributed by atoms with Crippen LogP contribution in [0.1, 0.15) is 39.5 Å². The van der Waals surface area contributed by atoms with Gasteiger partial charge in [-0.15, -0.1) is 0 Å². The lowest BCUT2D eigenvalue weighted by Gasteiger charge is -2.35. The van der Waals surface area contributed by atoms with Crippen LogP contribution in [0.2, 0.25) is 5.02 Å². The van der Waals surface area contributed by atoms with Gasteiger partial charge in [-0.2, -0.15) is 0 Å². The molecule has 2 rings (SSSR count). The van der Waals surface area contributed by atoms with Crippen LogP contribution in [-0.2, 0) is 0 Å². The van der Waals surface area contributed by atoms with Crippen LogP contribution in [0.5, 0.6) is 0 Å². The summed E-state index contributed by atoms with van der Waals surface area (Å²) in [7, 11) is 0. The van der Waals surface area contributed by atoms with Crippen LogP contribution in [0.25, 0.3) is 0 Å². The maximum Gasteiger partial charge on any atom is 0.171 e. The number of hydrogen-bond acceptors (Lipinski definition) is 1. The van der Waals surface area contributed by atoms with E-state index in [1.165, 1.54) is 25.7 Å². The molecule has 1 aromatic carbocycles. The van der Waals surface area contributed by atoms with Crippen molar-refractivity contribution in [3.05, 3.63) is 27.7 Å². The second kappa shape index (κ2) is 6.63. The van der Waals surface area contributed by atoms with E-state index in [1.54, 1.807) is 0 Å². The van der Waals surface area contributed by atoms with Gasteiger partial charge in [0.2, 0.25) is 0 Å². The van der Waals surface area contributed by atoms with Gasteiger partial charge >= 0.3 is 0 Å². The Kier molecular flexibility index (Phi) is 5.32. The molecule has 0 bridgehead atoms. The summed E-state index contributed by atoms with van der Waals surface area (Å²) in [6.45, 7) is 4.52. The lowest BCUT2D eigenvalue weighted by atomic mass is 9.85. The van der Waals surface area contributed by atoms with Gasteiger partial charge < -0.3 is 10.6 Å². The normalized spacial score (nSPS) is 17.2. The lowest BCUT2D eigenvalue weighted by Crippen LogP contribution is -2.51. The van der Waals surface area contributed by atoms with Crippen LogP contribution >= 0.6 is 39.7 Å². The molecule has 0 saturated heterocycles. The van der Waals surface area contributed by atoms with Crippen LogP contribution < -0.4 is 10.6 Å². The highest BCUT2D eigenvalue weighted by molar-refractivity contribution is 9.10. The van der Waals surface area contributed by atoms with Crippen molar-refractivity contribution in [1.82, 2.24) is 5.32 Å². The minimum absolute atomic E-state index is 0.142. The molecule has 0 unspecified atom stereocenters. The summed E-state index contributed by atoms with van der Waals surface area (Å²) >= 11 is 14.9. The lowest BCUT2D eigenvalue weighted by molar-refractivity contribution is 0.283. The number of thiocarbonyl (C=S) groups is 1. The molecule has 0 aromatic heterocycles. The number of nitrogens with one attached hydrogen (secondary N) is 2. The molecule has 1 aromatic rings. The quantitative estimate of drug-likeness (QED) is 0.696. The Morgan fingerprint density at radius 2 is 2.00 bits per heavy atom. The first-order chi connectivity index (χ1) is 9.43. The van der Waals surface area contributed by atoms with Gasteiger partial charge in [-0.1, -0.05) is 38.3 Å². The molecule has 110 valence electrons. The fraction of sp³-hybridized carbons (Fsp3) is 0.533. The smallest absolute Gasteiger partial charge is 0.171 e. The maximum atomic E-state index is 6.09. The van der Waals surface area contributed by atoms with E-state index in [4.69, 9.17) is 23.8 Å². The van der Waals surface area contributed by atoms with E-state index in [9.17, 15) is 0 Å². The number of anilines is 1. The second-order valence-electron chi connectivity index (χ2n) is 5.73. The Morgan fingerprint density at radius 3 is 2.55 bits per heavy atom. The van der Waals surface area contributed by atoms with Gasteiger partial charge in [-0.05, 0) is 65.1 Å². The van der Waals surface area contributed by atoms with E-state index in [2.05, 4.69) is 40.4 Å². The van der Waals surface area contributed by atoms with Gasteiger partial charge in [0, 0.05) is 15.7 Å². The first-order valence-electron chi connectivity index (χ1n) is 6.97. The zero-order chi connectivity index (χ0) is 14.8. The van der Waals surface area contributed by atoms with Gasteiger partial charge in [0.25, 0.3) is 0 Å². The van der Waals surface area contributed by atoms with Crippen LogP contribution in [-0.4, -0.2) is 10.7 Å². The number of hydrogen-bond donors (Lipinski definition) is 2. The molecule has 1 fully saturated rings. The average molecular weight is 376 g/mol. The SMILES string of the molecule is CC(C)C1(NC(=S)Nc2ccc(Br)c(Cl)c2)CCCC1. The summed E-state index contributed by atoms with van der Waals surface area (Å²) in [4.78, 5) is 0.